The van der Waals surface area contributed by atoms with Gasteiger partial charge < -0.3 is 5.32 Å². The van der Waals surface area contributed by atoms with Gasteiger partial charge >= 0.3 is 0 Å². The van der Waals surface area contributed by atoms with E-state index in [1.807, 2.05) is 30.0 Å². The van der Waals surface area contributed by atoms with Crippen LogP contribution in [0.3, 0.4) is 0 Å². The average molecular weight is 276 g/mol. The Hall–Kier alpha value is 0.110. The summed E-state index contributed by atoms with van der Waals surface area (Å²) in [5, 5.41) is 4.99. The van der Waals surface area contributed by atoms with Crippen molar-refractivity contribution < 1.29 is 0 Å². The Bertz CT molecular complexity index is 351. The molecule has 0 amide bonds. The minimum Gasteiger partial charge on any atom is -0.312 e. The molecule has 1 aromatic rings. The Kier molecular flexibility index (Phi) is 4.83. The summed E-state index contributed by atoms with van der Waals surface area (Å²) in [5.74, 6) is 3.42. The number of thioether (sulfide) groups is 1. The molecule has 1 saturated heterocycles. The molecule has 0 bridgehead atoms. The Morgan fingerprint density at radius 1 is 1.38 bits per heavy atom. The van der Waals surface area contributed by atoms with Gasteiger partial charge in [0, 0.05) is 16.6 Å². The summed E-state index contributed by atoms with van der Waals surface area (Å²) in [6.45, 7) is 1.89. The first kappa shape index (κ1) is 12.6. The van der Waals surface area contributed by atoms with Gasteiger partial charge in [0.15, 0.2) is 0 Å². The monoisotopic (exact) mass is 275 g/mol. The first-order valence-electron chi connectivity index (χ1n) is 5.48. The molecule has 1 unspecified atom stereocenters. The molecule has 0 radical (unpaired) electrons. The van der Waals surface area contributed by atoms with Crippen LogP contribution in [0.5, 0.6) is 0 Å². The third kappa shape index (κ3) is 3.56. The Labute approximate surface area is 111 Å². The zero-order valence-corrected chi connectivity index (χ0v) is 11.3. The van der Waals surface area contributed by atoms with Crippen molar-refractivity contribution in [1.29, 1.82) is 0 Å². The van der Waals surface area contributed by atoms with Crippen LogP contribution in [0.2, 0.25) is 10.0 Å². The van der Waals surface area contributed by atoms with Crippen LogP contribution in [0, 0.1) is 5.92 Å². The molecular weight excluding hydrogens is 261 g/mol. The average Bonchev–Trinajstić information content (AvgIpc) is 2.76. The van der Waals surface area contributed by atoms with Gasteiger partial charge in [-0.3, -0.25) is 0 Å². The molecule has 1 aliphatic heterocycles. The molecule has 2 rings (SSSR count). The standard InChI is InChI=1S/C12H15Cl2NS/c13-11-1-2-12(14)10(5-11)7-15-6-9-3-4-16-8-9/h1-2,5,9,15H,3-4,6-8H2. The highest BCUT2D eigenvalue weighted by atomic mass is 35.5. The predicted octanol–water partition coefficient (Wildman–Crippen LogP) is 3.84. The SMILES string of the molecule is Clc1ccc(Cl)c(CNCC2CCSC2)c1. The molecule has 0 aliphatic carbocycles. The van der Waals surface area contributed by atoms with Crippen molar-refractivity contribution in [3.63, 3.8) is 0 Å². The summed E-state index contributed by atoms with van der Waals surface area (Å²) >= 11 is 14.1. The Balaban J connectivity index is 1.82. The van der Waals surface area contributed by atoms with Gasteiger partial charge in [-0.15, -0.1) is 0 Å². The molecule has 16 heavy (non-hydrogen) atoms. The van der Waals surface area contributed by atoms with E-state index in [-0.39, 0.29) is 0 Å². The van der Waals surface area contributed by atoms with Crippen LogP contribution in [0.25, 0.3) is 0 Å². The van der Waals surface area contributed by atoms with Gasteiger partial charge in [0.1, 0.15) is 0 Å². The van der Waals surface area contributed by atoms with Crippen molar-refractivity contribution in [2.75, 3.05) is 18.1 Å². The topological polar surface area (TPSA) is 12.0 Å². The van der Waals surface area contributed by atoms with Gasteiger partial charge in [-0.25, -0.2) is 0 Å². The molecule has 0 aromatic heterocycles. The third-order valence-electron chi connectivity index (χ3n) is 2.78. The van der Waals surface area contributed by atoms with E-state index in [0.717, 1.165) is 34.6 Å². The van der Waals surface area contributed by atoms with Crippen LogP contribution < -0.4 is 5.32 Å². The molecule has 0 saturated carbocycles. The number of halogens is 2. The number of hydrogen-bond acceptors (Lipinski definition) is 2. The van der Waals surface area contributed by atoms with E-state index in [4.69, 9.17) is 23.2 Å². The highest BCUT2D eigenvalue weighted by molar-refractivity contribution is 7.99. The second-order valence-corrected chi connectivity index (χ2v) is 6.09. The molecular formula is C12H15Cl2NS. The summed E-state index contributed by atoms with van der Waals surface area (Å²) in [4.78, 5) is 0. The maximum Gasteiger partial charge on any atom is 0.0451 e. The molecule has 88 valence electrons. The Morgan fingerprint density at radius 3 is 3.00 bits per heavy atom. The summed E-state index contributed by atoms with van der Waals surface area (Å²) in [6, 6.07) is 5.60. The fourth-order valence-corrected chi connectivity index (χ4v) is 3.50. The van der Waals surface area contributed by atoms with Crippen molar-refractivity contribution in [1.82, 2.24) is 5.32 Å². The Morgan fingerprint density at radius 2 is 2.25 bits per heavy atom. The summed E-state index contributed by atoms with van der Waals surface area (Å²) in [6.07, 6.45) is 1.33. The second-order valence-electron chi connectivity index (χ2n) is 4.10. The predicted molar refractivity (Wildman–Crippen MR) is 73.6 cm³/mol. The second kappa shape index (κ2) is 6.15. The van der Waals surface area contributed by atoms with E-state index in [2.05, 4.69) is 5.32 Å². The molecule has 1 N–H and O–H groups in total. The van der Waals surface area contributed by atoms with E-state index < -0.39 is 0 Å². The van der Waals surface area contributed by atoms with Crippen LogP contribution in [-0.4, -0.2) is 18.1 Å². The van der Waals surface area contributed by atoms with E-state index in [1.165, 1.54) is 17.9 Å². The van der Waals surface area contributed by atoms with Crippen LogP contribution in [0.4, 0.5) is 0 Å². The molecule has 1 nitrogen and oxygen atoms in total. The zero-order chi connectivity index (χ0) is 11.4. The van der Waals surface area contributed by atoms with Crippen LogP contribution in [-0.2, 0) is 6.54 Å². The highest BCUT2D eigenvalue weighted by Gasteiger charge is 2.14. The largest absolute Gasteiger partial charge is 0.312 e. The minimum atomic E-state index is 0.748. The summed E-state index contributed by atoms with van der Waals surface area (Å²) < 4.78 is 0. The van der Waals surface area contributed by atoms with Gasteiger partial charge in [0.25, 0.3) is 0 Å². The summed E-state index contributed by atoms with van der Waals surface area (Å²) in [5.41, 5.74) is 1.08. The normalized spacial score (nSPS) is 20.2. The van der Waals surface area contributed by atoms with Crippen molar-refractivity contribution in [2.45, 2.75) is 13.0 Å². The maximum absolute atomic E-state index is 6.09. The first-order valence-corrected chi connectivity index (χ1v) is 7.39. The van der Waals surface area contributed by atoms with Crippen molar-refractivity contribution in [3.8, 4) is 0 Å². The van der Waals surface area contributed by atoms with Gasteiger partial charge in [-0.1, -0.05) is 23.2 Å². The molecule has 1 heterocycles. The van der Waals surface area contributed by atoms with Crippen molar-refractivity contribution in [3.05, 3.63) is 33.8 Å². The molecule has 0 spiro atoms. The zero-order valence-electron chi connectivity index (χ0n) is 9.01. The molecule has 1 fully saturated rings. The number of hydrogen-bond donors (Lipinski definition) is 1. The highest BCUT2D eigenvalue weighted by Crippen LogP contribution is 2.23. The molecule has 1 aliphatic rings. The smallest absolute Gasteiger partial charge is 0.0451 e. The molecule has 1 aromatic carbocycles. The van der Waals surface area contributed by atoms with Crippen molar-refractivity contribution in [2.24, 2.45) is 5.92 Å². The van der Waals surface area contributed by atoms with Crippen molar-refractivity contribution >= 4 is 35.0 Å². The minimum absolute atomic E-state index is 0.748. The third-order valence-corrected chi connectivity index (χ3v) is 4.62. The lowest BCUT2D eigenvalue weighted by molar-refractivity contribution is 0.523. The maximum atomic E-state index is 6.09. The lowest BCUT2D eigenvalue weighted by Gasteiger charge is -2.11. The fourth-order valence-electron chi connectivity index (χ4n) is 1.83. The first-order chi connectivity index (χ1) is 7.75. The lowest BCUT2D eigenvalue weighted by Crippen LogP contribution is -2.22. The van der Waals surface area contributed by atoms with Gasteiger partial charge in [-0.2, -0.15) is 11.8 Å². The number of nitrogens with one attached hydrogen (secondary N) is 1. The van der Waals surface area contributed by atoms with Crippen LogP contribution in [0.1, 0.15) is 12.0 Å². The van der Waals surface area contributed by atoms with Crippen LogP contribution in [0.15, 0.2) is 18.2 Å². The van der Waals surface area contributed by atoms with E-state index in [0.29, 0.717) is 0 Å². The van der Waals surface area contributed by atoms with Gasteiger partial charge in [-0.05, 0) is 54.2 Å². The lowest BCUT2D eigenvalue weighted by atomic mass is 10.1. The van der Waals surface area contributed by atoms with Gasteiger partial charge in [0.05, 0.1) is 0 Å². The summed E-state index contributed by atoms with van der Waals surface area (Å²) in [7, 11) is 0. The van der Waals surface area contributed by atoms with Gasteiger partial charge in [0.2, 0.25) is 0 Å². The van der Waals surface area contributed by atoms with E-state index in [9.17, 15) is 0 Å². The quantitative estimate of drug-likeness (QED) is 0.896. The molecule has 4 heteroatoms. The number of benzene rings is 1. The van der Waals surface area contributed by atoms with E-state index >= 15 is 0 Å². The molecule has 1 atom stereocenters. The van der Waals surface area contributed by atoms with E-state index in [1.54, 1.807) is 0 Å². The van der Waals surface area contributed by atoms with Crippen LogP contribution >= 0.6 is 35.0 Å². The fraction of sp³-hybridized carbons (Fsp3) is 0.500. The number of rotatable bonds is 4.